The van der Waals surface area contributed by atoms with Crippen molar-refractivity contribution in [2.24, 2.45) is 0 Å². The van der Waals surface area contributed by atoms with Crippen molar-refractivity contribution < 1.29 is 14.6 Å². The van der Waals surface area contributed by atoms with Gasteiger partial charge in [-0.2, -0.15) is 0 Å². The Hall–Kier alpha value is -1.97. The van der Waals surface area contributed by atoms with Gasteiger partial charge < -0.3 is 14.6 Å². The van der Waals surface area contributed by atoms with Gasteiger partial charge in [0.2, 0.25) is 5.75 Å². The van der Waals surface area contributed by atoms with E-state index in [2.05, 4.69) is 0 Å². The zero-order valence-electron chi connectivity index (χ0n) is 9.07. The minimum Gasteiger partial charge on any atom is -0.504 e. The number of phenols is 2. The lowest BCUT2D eigenvalue weighted by Gasteiger charge is -2.08. The molecular weight excluding hydrogens is 208 g/mol. The predicted molar refractivity (Wildman–Crippen MR) is 59.9 cm³/mol. The Kier molecular flexibility index (Phi) is 2.34. The van der Waals surface area contributed by atoms with Crippen LogP contribution < -0.4 is 5.63 Å². The lowest BCUT2D eigenvalue weighted by atomic mass is 10.0. The molecule has 0 saturated heterocycles. The lowest BCUT2D eigenvalue weighted by molar-refractivity contribution is 0.397. The van der Waals surface area contributed by atoms with Crippen LogP contribution in [0, 0.1) is 6.92 Å². The van der Waals surface area contributed by atoms with Gasteiger partial charge in [0.15, 0.2) is 11.3 Å². The Bertz CT molecular complexity index is 610. The van der Waals surface area contributed by atoms with Gasteiger partial charge in [-0.25, -0.2) is 4.79 Å². The molecule has 4 nitrogen and oxygen atoms in total. The molecule has 1 aromatic carbocycles. The fourth-order valence-corrected chi connectivity index (χ4v) is 1.85. The Labute approximate surface area is 91.8 Å². The quantitative estimate of drug-likeness (QED) is 0.570. The van der Waals surface area contributed by atoms with Crippen molar-refractivity contribution in [1.82, 2.24) is 0 Å². The van der Waals surface area contributed by atoms with Gasteiger partial charge in [0, 0.05) is 10.9 Å². The van der Waals surface area contributed by atoms with Crippen molar-refractivity contribution in [2.75, 3.05) is 0 Å². The zero-order chi connectivity index (χ0) is 11.9. The maximum atomic E-state index is 11.5. The van der Waals surface area contributed by atoms with E-state index in [-0.39, 0.29) is 17.1 Å². The smallest absolute Gasteiger partial charge is 0.339 e. The maximum absolute atomic E-state index is 11.5. The van der Waals surface area contributed by atoms with Gasteiger partial charge in [-0.15, -0.1) is 0 Å². The molecule has 4 heteroatoms. The van der Waals surface area contributed by atoms with Crippen LogP contribution in [-0.2, 0) is 6.42 Å². The molecule has 0 fully saturated rings. The molecule has 0 aliphatic rings. The summed E-state index contributed by atoms with van der Waals surface area (Å²) in [5.41, 5.74) is 0.944. The summed E-state index contributed by atoms with van der Waals surface area (Å²) >= 11 is 0. The van der Waals surface area contributed by atoms with E-state index >= 15 is 0 Å². The molecule has 0 aliphatic carbocycles. The van der Waals surface area contributed by atoms with Crippen LogP contribution in [0.2, 0.25) is 0 Å². The maximum Gasteiger partial charge on any atom is 0.339 e. The van der Waals surface area contributed by atoms with Crippen LogP contribution in [0.4, 0.5) is 0 Å². The van der Waals surface area contributed by atoms with Crippen molar-refractivity contribution in [3.63, 3.8) is 0 Å². The molecule has 0 unspecified atom stereocenters. The molecule has 0 saturated carbocycles. The first-order chi connectivity index (χ1) is 7.56. The van der Waals surface area contributed by atoms with Gasteiger partial charge in [-0.3, -0.25) is 0 Å². The average Bonchev–Trinajstić information content (AvgIpc) is 2.27. The molecule has 16 heavy (non-hydrogen) atoms. The van der Waals surface area contributed by atoms with E-state index in [0.717, 1.165) is 5.56 Å². The van der Waals surface area contributed by atoms with Crippen LogP contribution in [0.5, 0.6) is 11.5 Å². The summed E-state index contributed by atoms with van der Waals surface area (Å²) < 4.78 is 4.98. The normalized spacial score (nSPS) is 10.9. The summed E-state index contributed by atoms with van der Waals surface area (Å²) in [6.07, 6.45) is 0.665. The first kappa shape index (κ1) is 10.5. The SMILES string of the molecule is CCc1c(C)c(=O)oc2c(O)c(O)ccc12. The average molecular weight is 220 g/mol. The molecule has 0 amide bonds. The first-order valence-corrected chi connectivity index (χ1v) is 5.03. The standard InChI is InChI=1S/C12H12O4/c1-3-7-6(2)12(15)16-11-8(7)4-5-9(13)10(11)14/h4-5,13-14H,3H2,1-2H3. The predicted octanol–water partition coefficient (Wildman–Crippen LogP) is 2.08. The van der Waals surface area contributed by atoms with Crippen molar-refractivity contribution in [2.45, 2.75) is 20.3 Å². The van der Waals surface area contributed by atoms with E-state index in [1.807, 2.05) is 6.92 Å². The van der Waals surface area contributed by atoms with Crippen molar-refractivity contribution in [3.05, 3.63) is 33.7 Å². The number of aromatic hydroxyl groups is 2. The Balaban J connectivity index is 3.02. The highest BCUT2D eigenvalue weighted by Crippen LogP contribution is 2.34. The Morgan fingerprint density at radius 3 is 2.62 bits per heavy atom. The Morgan fingerprint density at radius 1 is 1.31 bits per heavy atom. The molecular formula is C12H12O4. The van der Waals surface area contributed by atoms with Gasteiger partial charge >= 0.3 is 5.63 Å². The van der Waals surface area contributed by atoms with Gasteiger partial charge in [-0.1, -0.05) is 6.92 Å². The number of hydrogen-bond acceptors (Lipinski definition) is 4. The molecule has 0 aliphatic heterocycles. The third kappa shape index (κ3) is 1.34. The van der Waals surface area contributed by atoms with Gasteiger partial charge in [0.05, 0.1) is 0 Å². The second-order valence-electron chi connectivity index (χ2n) is 3.66. The van der Waals surface area contributed by atoms with E-state index < -0.39 is 5.63 Å². The molecule has 1 aromatic heterocycles. The molecule has 2 rings (SSSR count). The van der Waals surface area contributed by atoms with Gasteiger partial charge in [0.1, 0.15) is 0 Å². The topological polar surface area (TPSA) is 70.7 Å². The van der Waals surface area contributed by atoms with Crippen LogP contribution in [0.15, 0.2) is 21.3 Å². The molecule has 1 heterocycles. The Morgan fingerprint density at radius 2 is 2.00 bits per heavy atom. The second kappa shape index (κ2) is 3.56. The highest BCUT2D eigenvalue weighted by molar-refractivity contribution is 5.88. The summed E-state index contributed by atoms with van der Waals surface area (Å²) in [5.74, 6) is -0.675. The summed E-state index contributed by atoms with van der Waals surface area (Å²) in [6.45, 7) is 3.61. The van der Waals surface area contributed by atoms with Gasteiger partial charge in [0.25, 0.3) is 0 Å². The zero-order valence-corrected chi connectivity index (χ0v) is 9.07. The summed E-state index contributed by atoms with van der Waals surface area (Å²) in [7, 11) is 0. The van der Waals surface area contributed by atoms with E-state index in [0.29, 0.717) is 17.4 Å². The molecule has 0 radical (unpaired) electrons. The second-order valence-corrected chi connectivity index (χ2v) is 3.66. The first-order valence-electron chi connectivity index (χ1n) is 5.03. The number of rotatable bonds is 1. The molecule has 0 bridgehead atoms. The minimum absolute atomic E-state index is 0.0486. The third-order valence-corrected chi connectivity index (χ3v) is 2.74. The fourth-order valence-electron chi connectivity index (χ4n) is 1.85. The van der Waals surface area contributed by atoms with Crippen molar-refractivity contribution in [3.8, 4) is 11.5 Å². The van der Waals surface area contributed by atoms with Crippen LogP contribution in [-0.4, -0.2) is 10.2 Å². The van der Waals surface area contributed by atoms with E-state index in [9.17, 15) is 15.0 Å². The molecule has 2 aromatic rings. The molecule has 0 spiro atoms. The van der Waals surface area contributed by atoms with Crippen molar-refractivity contribution >= 4 is 11.0 Å². The number of fused-ring (bicyclic) bond motifs is 1. The monoisotopic (exact) mass is 220 g/mol. The molecule has 84 valence electrons. The van der Waals surface area contributed by atoms with E-state index in [1.54, 1.807) is 13.0 Å². The lowest BCUT2D eigenvalue weighted by Crippen LogP contribution is -2.07. The van der Waals surface area contributed by atoms with Crippen molar-refractivity contribution in [1.29, 1.82) is 0 Å². The summed E-state index contributed by atoms with van der Waals surface area (Å²) in [5, 5.41) is 19.6. The number of hydrogen-bond donors (Lipinski definition) is 2. The molecule has 0 atom stereocenters. The van der Waals surface area contributed by atoms with E-state index in [4.69, 9.17) is 4.42 Å². The van der Waals surface area contributed by atoms with Crippen LogP contribution in [0.3, 0.4) is 0 Å². The number of aryl methyl sites for hydroxylation is 1. The van der Waals surface area contributed by atoms with E-state index in [1.165, 1.54) is 6.07 Å². The highest BCUT2D eigenvalue weighted by Gasteiger charge is 2.14. The fraction of sp³-hybridized carbons (Fsp3) is 0.250. The van der Waals surface area contributed by atoms with Crippen LogP contribution in [0.1, 0.15) is 18.1 Å². The summed E-state index contributed by atoms with van der Waals surface area (Å²) in [6, 6.07) is 3.02. The molecule has 2 N–H and O–H groups in total. The number of benzene rings is 1. The van der Waals surface area contributed by atoms with Crippen LogP contribution >= 0.6 is 0 Å². The van der Waals surface area contributed by atoms with Crippen LogP contribution in [0.25, 0.3) is 11.0 Å². The number of phenolic OH excluding ortho intramolecular Hbond substituents is 2. The third-order valence-electron chi connectivity index (χ3n) is 2.74. The van der Waals surface area contributed by atoms with Gasteiger partial charge in [-0.05, 0) is 31.0 Å². The highest BCUT2D eigenvalue weighted by atomic mass is 16.4. The largest absolute Gasteiger partial charge is 0.504 e. The minimum atomic E-state index is -0.481. The summed E-state index contributed by atoms with van der Waals surface area (Å²) in [4.78, 5) is 11.5.